The van der Waals surface area contributed by atoms with Crippen LogP contribution < -0.4 is 10.6 Å². The number of carbonyl (C=O) groups excluding carboxylic acids is 1. The maximum atomic E-state index is 13.0. The van der Waals surface area contributed by atoms with Crippen LogP contribution in [0, 0.1) is 5.92 Å². The van der Waals surface area contributed by atoms with E-state index in [1.807, 2.05) is 13.8 Å². The molecule has 1 aliphatic heterocycles. The standard InChI is InChI=1S/C21H31F3N4O/c1-20(2,16-6-5-7-17(13-16)21(22,23)24)14-27-19(26-4)28-10-8-15(9-11-28)12-18(29)25-3/h5-7,13,15H,8-12,14H2,1-4H3,(H,25,29)(H,26,27). The Morgan fingerprint density at radius 2 is 1.83 bits per heavy atom. The monoisotopic (exact) mass is 412 g/mol. The molecule has 0 bridgehead atoms. The molecule has 1 saturated heterocycles. The van der Waals surface area contributed by atoms with E-state index in [4.69, 9.17) is 0 Å². The Labute approximate surface area is 170 Å². The fraction of sp³-hybridized carbons (Fsp3) is 0.619. The van der Waals surface area contributed by atoms with Crippen molar-refractivity contribution in [1.82, 2.24) is 15.5 Å². The summed E-state index contributed by atoms with van der Waals surface area (Å²) in [7, 11) is 3.35. The van der Waals surface area contributed by atoms with E-state index in [1.54, 1.807) is 20.2 Å². The molecule has 0 saturated carbocycles. The van der Waals surface area contributed by atoms with Crippen molar-refractivity contribution in [2.24, 2.45) is 10.9 Å². The summed E-state index contributed by atoms with van der Waals surface area (Å²) < 4.78 is 39.1. The first-order valence-corrected chi connectivity index (χ1v) is 9.90. The first-order valence-electron chi connectivity index (χ1n) is 9.90. The highest BCUT2D eigenvalue weighted by molar-refractivity contribution is 5.80. The van der Waals surface area contributed by atoms with Gasteiger partial charge in [-0.1, -0.05) is 32.0 Å². The van der Waals surface area contributed by atoms with E-state index in [9.17, 15) is 18.0 Å². The number of likely N-dealkylation sites (tertiary alicyclic amines) is 1. The molecule has 0 unspecified atom stereocenters. The maximum Gasteiger partial charge on any atom is 0.416 e. The molecule has 0 aliphatic carbocycles. The molecule has 29 heavy (non-hydrogen) atoms. The zero-order valence-electron chi connectivity index (χ0n) is 17.6. The van der Waals surface area contributed by atoms with E-state index in [0.717, 1.165) is 38.0 Å². The molecule has 1 aromatic rings. The van der Waals surface area contributed by atoms with Crippen molar-refractivity contribution in [3.05, 3.63) is 35.4 Å². The lowest BCUT2D eigenvalue weighted by Crippen LogP contribution is -2.48. The Kier molecular flexibility index (Phi) is 7.54. The fourth-order valence-electron chi connectivity index (χ4n) is 3.56. The molecule has 0 aromatic heterocycles. The zero-order chi connectivity index (χ0) is 21.7. The third-order valence-corrected chi connectivity index (χ3v) is 5.54. The number of hydrogen-bond donors (Lipinski definition) is 2. The molecular weight excluding hydrogens is 381 g/mol. The van der Waals surface area contributed by atoms with Crippen LogP contribution in [-0.4, -0.2) is 50.5 Å². The lowest BCUT2D eigenvalue weighted by atomic mass is 9.83. The number of guanidine groups is 1. The van der Waals surface area contributed by atoms with Crippen molar-refractivity contribution < 1.29 is 18.0 Å². The molecule has 8 heteroatoms. The SMILES string of the molecule is CN=C(NCC(C)(C)c1cccc(C(F)(F)F)c1)N1CCC(CC(=O)NC)CC1. The second kappa shape index (κ2) is 9.50. The van der Waals surface area contributed by atoms with Gasteiger partial charge in [-0.15, -0.1) is 0 Å². The Balaban J connectivity index is 1.96. The quantitative estimate of drug-likeness (QED) is 0.576. The number of halogens is 3. The number of nitrogens with zero attached hydrogens (tertiary/aromatic N) is 2. The highest BCUT2D eigenvalue weighted by Gasteiger charge is 2.32. The van der Waals surface area contributed by atoms with Crippen LogP contribution >= 0.6 is 0 Å². The molecule has 1 fully saturated rings. The van der Waals surface area contributed by atoms with E-state index in [-0.39, 0.29) is 5.91 Å². The van der Waals surface area contributed by atoms with Crippen LogP contribution in [0.3, 0.4) is 0 Å². The predicted octanol–water partition coefficient (Wildman–Crippen LogP) is 3.41. The van der Waals surface area contributed by atoms with Crippen LogP contribution in [0.5, 0.6) is 0 Å². The van der Waals surface area contributed by atoms with Crippen LogP contribution in [0.1, 0.15) is 44.2 Å². The fourth-order valence-corrected chi connectivity index (χ4v) is 3.56. The summed E-state index contributed by atoms with van der Waals surface area (Å²) in [4.78, 5) is 18.0. The molecule has 1 aromatic carbocycles. The van der Waals surface area contributed by atoms with Gasteiger partial charge in [0.1, 0.15) is 0 Å². The molecule has 0 radical (unpaired) electrons. The van der Waals surface area contributed by atoms with Crippen molar-refractivity contribution in [1.29, 1.82) is 0 Å². The Bertz CT molecular complexity index is 723. The van der Waals surface area contributed by atoms with Crippen LogP contribution in [0.15, 0.2) is 29.3 Å². The first kappa shape index (κ1) is 23.0. The van der Waals surface area contributed by atoms with Gasteiger partial charge in [0, 0.05) is 45.6 Å². The molecule has 5 nitrogen and oxygen atoms in total. The maximum absolute atomic E-state index is 13.0. The summed E-state index contributed by atoms with van der Waals surface area (Å²) in [6.07, 6.45) is -2.00. The topological polar surface area (TPSA) is 56.7 Å². The van der Waals surface area contributed by atoms with Crippen LogP contribution in [0.25, 0.3) is 0 Å². The molecule has 2 rings (SSSR count). The van der Waals surface area contributed by atoms with Crippen LogP contribution in [0.4, 0.5) is 13.2 Å². The Morgan fingerprint density at radius 1 is 1.21 bits per heavy atom. The smallest absolute Gasteiger partial charge is 0.359 e. The van der Waals surface area contributed by atoms with E-state index < -0.39 is 17.2 Å². The van der Waals surface area contributed by atoms with Crippen LogP contribution in [0.2, 0.25) is 0 Å². The van der Waals surface area contributed by atoms with E-state index in [2.05, 4.69) is 20.5 Å². The first-order chi connectivity index (χ1) is 13.6. The number of hydrogen-bond acceptors (Lipinski definition) is 2. The summed E-state index contributed by atoms with van der Waals surface area (Å²) in [5.41, 5.74) is -0.514. The van der Waals surface area contributed by atoms with Gasteiger partial charge in [-0.05, 0) is 30.4 Å². The largest absolute Gasteiger partial charge is 0.416 e. The molecule has 0 spiro atoms. The van der Waals surface area contributed by atoms with Gasteiger partial charge in [-0.3, -0.25) is 9.79 Å². The third-order valence-electron chi connectivity index (χ3n) is 5.54. The number of aliphatic imine (C=N–C) groups is 1. The summed E-state index contributed by atoms with van der Waals surface area (Å²) in [5, 5.41) is 5.98. The lowest BCUT2D eigenvalue weighted by Gasteiger charge is -2.35. The molecule has 1 aliphatic rings. The second-order valence-corrected chi connectivity index (χ2v) is 8.17. The Morgan fingerprint density at radius 3 is 2.38 bits per heavy atom. The average molecular weight is 413 g/mol. The molecule has 162 valence electrons. The molecule has 0 atom stereocenters. The van der Waals surface area contributed by atoms with Crippen LogP contribution in [-0.2, 0) is 16.4 Å². The lowest BCUT2D eigenvalue weighted by molar-refractivity contribution is -0.137. The normalized spacial score (nSPS) is 16.7. The number of alkyl halides is 3. The van der Waals surface area contributed by atoms with Gasteiger partial charge in [-0.2, -0.15) is 13.2 Å². The van der Waals surface area contributed by atoms with Gasteiger partial charge in [0.25, 0.3) is 0 Å². The van der Waals surface area contributed by atoms with E-state index >= 15 is 0 Å². The van der Waals surface area contributed by atoms with Crippen molar-refractivity contribution >= 4 is 11.9 Å². The minimum Gasteiger partial charge on any atom is -0.359 e. The minimum atomic E-state index is -4.35. The summed E-state index contributed by atoms with van der Waals surface area (Å²) in [6.45, 7) is 5.88. The summed E-state index contributed by atoms with van der Waals surface area (Å²) in [6, 6.07) is 5.49. The van der Waals surface area contributed by atoms with Gasteiger partial charge in [-0.25, -0.2) is 0 Å². The van der Waals surface area contributed by atoms with E-state index in [0.29, 0.717) is 24.4 Å². The molecule has 1 amide bonds. The van der Waals surface area contributed by atoms with Gasteiger partial charge in [0.2, 0.25) is 5.91 Å². The third kappa shape index (κ3) is 6.37. The van der Waals surface area contributed by atoms with Gasteiger partial charge < -0.3 is 15.5 Å². The van der Waals surface area contributed by atoms with Crippen molar-refractivity contribution in [3.63, 3.8) is 0 Å². The number of piperidine rings is 1. The summed E-state index contributed by atoms with van der Waals surface area (Å²) >= 11 is 0. The minimum absolute atomic E-state index is 0.0637. The number of amides is 1. The number of nitrogens with one attached hydrogen (secondary N) is 2. The van der Waals surface area contributed by atoms with Gasteiger partial charge in [0.15, 0.2) is 5.96 Å². The second-order valence-electron chi connectivity index (χ2n) is 8.17. The van der Waals surface area contributed by atoms with Crippen molar-refractivity contribution in [3.8, 4) is 0 Å². The molecule has 1 heterocycles. The number of carbonyl (C=O) groups is 1. The van der Waals surface area contributed by atoms with Gasteiger partial charge in [0.05, 0.1) is 5.56 Å². The van der Waals surface area contributed by atoms with Gasteiger partial charge >= 0.3 is 6.18 Å². The van der Waals surface area contributed by atoms with Crippen molar-refractivity contribution in [2.45, 2.75) is 44.7 Å². The Hall–Kier alpha value is -2.25. The average Bonchev–Trinajstić information content (AvgIpc) is 2.69. The highest BCUT2D eigenvalue weighted by atomic mass is 19.4. The number of rotatable bonds is 5. The molecule has 2 N–H and O–H groups in total. The summed E-state index contributed by atoms with van der Waals surface area (Å²) in [5.74, 6) is 1.17. The molecular formula is C21H31F3N4O. The van der Waals surface area contributed by atoms with E-state index in [1.165, 1.54) is 12.1 Å². The predicted molar refractivity (Wildman–Crippen MR) is 109 cm³/mol. The van der Waals surface area contributed by atoms with Crippen molar-refractivity contribution in [2.75, 3.05) is 33.7 Å². The highest BCUT2D eigenvalue weighted by Crippen LogP contribution is 2.32. The number of benzene rings is 1. The zero-order valence-corrected chi connectivity index (χ0v) is 17.6.